The van der Waals surface area contributed by atoms with Gasteiger partial charge in [0.1, 0.15) is 17.7 Å². The van der Waals surface area contributed by atoms with E-state index in [4.69, 9.17) is 10.5 Å². The van der Waals surface area contributed by atoms with Crippen LogP contribution in [0.4, 0.5) is 4.79 Å². The van der Waals surface area contributed by atoms with E-state index in [1.807, 2.05) is 28.9 Å². The number of piperazine rings is 1. The molecule has 5 rings (SSSR count). The smallest absolute Gasteiger partial charge is 0.408 e. The molecule has 3 aliphatic heterocycles. The number of primary amides is 1. The van der Waals surface area contributed by atoms with Gasteiger partial charge in [0, 0.05) is 30.7 Å². The largest absolute Gasteiger partial charge is 0.444 e. The van der Waals surface area contributed by atoms with E-state index >= 15 is 0 Å². The Morgan fingerprint density at radius 3 is 2.46 bits per heavy atom. The van der Waals surface area contributed by atoms with E-state index in [-0.39, 0.29) is 36.5 Å². The van der Waals surface area contributed by atoms with Crippen molar-refractivity contribution in [1.29, 1.82) is 5.26 Å². The zero-order valence-electron chi connectivity index (χ0n) is 22.8. The van der Waals surface area contributed by atoms with Crippen molar-refractivity contribution in [1.82, 2.24) is 20.0 Å². The van der Waals surface area contributed by atoms with Crippen molar-refractivity contribution >= 4 is 23.8 Å². The Hall–Kier alpha value is -3.65. The summed E-state index contributed by atoms with van der Waals surface area (Å²) >= 11 is 0. The van der Waals surface area contributed by atoms with Crippen molar-refractivity contribution < 1.29 is 23.9 Å². The summed E-state index contributed by atoms with van der Waals surface area (Å²) in [5.74, 6) is -0.485. The summed E-state index contributed by atoms with van der Waals surface area (Å²) in [6.45, 7) is 7.93. The number of carbonyl (C=O) groups is 4. The van der Waals surface area contributed by atoms with Gasteiger partial charge in [0.25, 0.3) is 0 Å². The van der Waals surface area contributed by atoms with Crippen LogP contribution in [0.15, 0.2) is 24.3 Å². The third-order valence-electron chi connectivity index (χ3n) is 8.32. The number of rotatable bonds is 7. The van der Waals surface area contributed by atoms with Gasteiger partial charge in [0.05, 0.1) is 18.2 Å². The number of hydrogen-bond acceptors (Lipinski definition) is 7. The number of benzene rings is 1. The zero-order valence-corrected chi connectivity index (χ0v) is 22.8. The number of fused-ring (bicyclic) bond motifs is 3. The predicted molar refractivity (Wildman–Crippen MR) is 140 cm³/mol. The molecular formula is C28H36N6O5. The highest BCUT2D eigenvalue weighted by Crippen LogP contribution is 2.48. The number of piperidine rings is 1. The number of hydrogen-bond donors (Lipinski definition) is 2. The Morgan fingerprint density at radius 1 is 1.18 bits per heavy atom. The summed E-state index contributed by atoms with van der Waals surface area (Å²) in [5, 5.41) is 12.4. The first-order valence-corrected chi connectivity index (χ1v) is 13.5. The van der Waals surface area contributed by atoms with Crippen LogP contribution >= 0.6 is 0 Å². The molecule has 1 aromatic rings. The van der Waals surface area contributed by atoms with Crippen LogP contribution in [0.3, 0.4) is 0 Å². The van der Waals surface area contributed by atoms with Gasteiger partial charge in [-0.05, 0) is 70.6 Å². The molecule has 1 aromatic carbocycles. The summed E-state index contributed by atoms with van der Waals surface area (Å²) in [4.78, 5) is 56.8. The summed E-state index contributed by atoms with van der Waals surface area (Å²) in [6.07, 6.45) is 1.46. The Kier molecular flexibility index (Phi) is 6.79. The summed E-state index contributed by atoms with van der Waals surface area (Å²) in [6, 6.07) is 7.15. The monoisotopic (exact) mass is 536 g/mol. The third kappa shape index (κ3) is 5.17. The molecule has 0 spiro atoms. The summed E-state index contributed by atoms with van der Waals surface area (Å²) in [5.41, 5.74) is 5.93. The molecule has 0 radical (unpaired) electrons. The lowest BCUT2D eigenvalue weighted by Crippen LogP contribution is -2.59. The van der Waals surface area contributed by atoms with E-state index in [0.29, 0.717) is 30.9 Å². The Balaban J connectivity index is 1.30. The van der Waals surface area contributed by atoms with Gasteiger partial charge in [0.15, 0.2) is 0 Å². The van der Waals surface area contributed by atoms with E-state index in [0.717, 1.165) is 12.0 Å². The average molecular weight is 537 g/mol. The normalized spacial score (nSPS) is 29.0. The van der Waals surface area contributed by atoms with Crippen LogP contribution in [0.25, 0.3) is 0 Å². The number of amides is 4. The number of likely N-dealkylation sites (tertiary alicyclic amines) is 3. The minimum absolute atomic E-state index is 0.0282. The van der Waals surface area contributed by atoms with Crippen LogP contribution in [-0.4, -0.2) is 87.4 Å². The number of nitriles is 1. The first-order chi connectivity index (χ1) is 18.4. The average Bonchev–Trinajstić information content (AvgIpc) is 3.18. The molecular weight excluding hydrogens is 500 g/mol. The first-order valence-electron chi connectivity index (χ1n) is 13.5. The maximum absolute atomic E-state index is 13.7. The van der Waals surface area contributed by atoms with Crippen LogP contribution < -0.4 is 11.1 Å². The van der Waals surface area contributed by atoms with Crippen LogP contribution in [-0.2, 0) is 14.3 Å². The van der Waals surface area contributed by atoms with E-state index in [1.165, 1.54) is 0 Å². The standard InChI is InChI=1S/C28H36N6O5/c1-15(16-5-7-17(8-6-16)24(30)35)33-20-11-23(26(33)37)32(13-20)14-21(31-27(38)39-28(2,3)4)25(36)34-19(12-29)9-18-10-22(18)34/h5-8,15,18-23H,9-11,13-14H2,1-4H3,(H2,30,35)(H,31,38)/t15-,18?,19-,20?,21-,22?,23?/m0/s1. The lowest BCUT2D eigenvalue weighted by Gasteiger charge is -2.39. The Bertz CT molecular complexity index is 1220. The van der Waals surface area contributed by atoms with Crippen molar-refractivity contribution in [3.05, 3.63) is 35.4 Å². The van der Waals surface area contributed by atoms with Gasteiger partial charge in [-0.3, -0.25) is 19.3 Å². The highest BCUT2D eigenvalue weighted by molar-refractivity contribution is 5.93. The SMILES string of the molecule is C[C@@H](c1ccc(C(N)=O)cc1)N1C(=O)C2CC1CN2C[C@H](NC(=O)OC(C)(C)C)C(=O)N1C2CC2C[C@H]1C#N. The fraction of sp³-hybridized carbons (Fsp3) is 0.607. The molecule has 3 heterocycles. The van der Waals surface area contributed by atoms with Crippen LogP contribution in [0.1, 0.15) is 68.9 Å². The molecule has 4 amide bonds. The van der Waals surface area contributed by atoms with E-state index < -0.39 is 35.7 Å². The molecule has 1 saturated carbocycles. The van der Waals surface area contributed by atoms with Gasteiger partial charge >= 0.3 is 6.09 Å². The molecule has 7 atom stereocenters. The van der Waals surface area contributed by atoms with Gasteiger partial charge in [0.2, 0.25) is 17.7 Å². The Morgan fingerprint density at radius 2 is 1.87 bits per heavy atom. The highest BCUT2D eigenvalue weighted by Gasteiger charge is 2.56. The molecule has 3 saturated heterocycles. The van der Waals surface area contributed by atoms with Crippen LogP contribution in [0.5, 0.6) is 0 Å². The topological polar surface area (TPSA) is 149 Å². The molecule has 0 aromatic heterocycles. The molecule has 39 heavy (non-hydrogen) atoms. The second kappa shape index (κ2) is 9.83. The van der Waals surface area contributed by atoms with Crippen molar-refractivity contribution in [3.63, 3.8) is 0 Å². The van der Waals surface area contributed by atoms with Crippen molar-refractivity contribution in [2.45, 2.75) is 88.8 Å². The quantitative estimate of drug-likeness (QED) is 0.537. The summed E-state index contributed by atoms with van der Waals surface area (Å²) in [7, 11) is 0. The molecule has 4 unspecified atom stereocenters. The minimum atomic E-state index is -0.936. The van der Waals surface area contributed by atoms with E-state index in [9.17, 15) is 24.4 Å². The molecule has 3 N–H and O–H groups in total. The number of nitrogens with two attached hydrogens (primary N) is 1. The van der Waals surface area contributed by atoms with Gasteiger partial charge < -0.3 is 25.6 Å². The molecule has 2 bridgehead atoms. The molecule has 4 fully saturated rings. The highest BCUT2D eigenvalue weighted by atomic mass is 16.6. The second-order valence-corrected chi connectivity index (χ2v) is 12.2. The fourth-order valence-corrected chi connectivity index (χ4v) is 6.42. The minimum Gasteiger partial charge on any atom is -0.444 e. The number of nitrogens with one attached hydrogen (secondary N) is 1. The second-order valence-electron chi connectivity index (χ2n) is 12.2. The number of ether oxygens (including phenoxy) is 1. The van der Waals surface area contributed by atoms with Crippen molar-refractivity contribution in [2.24, 2.45) is 11.7 Å². The van der Waals surface area contributed by atoms with Crippen molar-refractivity contribution in [2.75, 3.05) is 13.1 Å². The molecule has 11 heteroatoms. The molecule has 11 nitrogen and oxygen atoms in total. The molecule has 208 valence electrons. The molecule has 1 aliphatic carbocycles. The van der Waals surface area contributed by atoms with E-state index in [2.05, 4.69) is 11.4 Å². The van der Waals surface area contributed by atoms with Crippen LogP contribution in [0, 0.1) is 17.2 Å². The van der Waals surface area contributed by atoms with E-state index in [1.54, 1.807) is 37.8 Å². The number of carbonyl (C=O) groups excluding carboxylic acids is 4. The Labute approximate surface area is 228 Å². The predicted octanol–water partition coefficient (Wildman–Crippen LogP) is 1.54. The van der Waals surface area contributed by atoms with Crippen molar-refractivity contribution in [3.8, 4) is 6.07 Å². The fourth-order valence-electron chi connectivity index (χ4n) is 6.42. The number of alkyl carbamates (subject to hydrolysis) is 1. The summed E-state index contributed by atoms with van der Waals surface area (Å²) < 4.78 is 5.43. The molecule has 4 aliphatic rings. The third-order valence-corrected chi connectivity index (χ3v) is 8.32. The lowest BCUT2D eigenvalue weighted by atomic mass is 10.0. The maximum Gasteiger partial charge on any atom is 0.408 e. The van der Waals surface area contributed by atoms with Gasteiger partial charge in [-0.2, -0.15) is 5.26 Å². The van der Waals surface area contributed by atoms with Gasteiger partial charge in [-0.15, -0.1) is 0 Å². The van der Waals surface area contributed by atoms with Gasteiger partial charge in [-0.1, -0.05) is 12.1 Å². The lowest BCUT2D eigenvalue weighted by molar-refractivity contribution is -0.141. The number of nitrogens with zero attached hydrogens (tertiary/aromatic N) is 4. The van der Waals surface area contributed by atoms with Crippen LogP contribution in [0.2, 0.25) is 0 Å². The van der Waals surface area contributed by atoms with Gasteiger partial charge in [-0.25, -0.2) is 4.79 Å². The first kappa shape index (κ1) is 26.9. The zero-order chi connectivity index (χ0) is 28.2. The maximum atomic E-state index is 13.7.